The average Bonchev–Trinajstić information content (AvgIpc) is 3.71. The number of fused-ring (bicyclic) bond motifs is 14. The summed E-state index contributed by atoms with van der Waals surface area (Å²) in [4.78, 5) is 0. The van der Waals surface area contributed by atoms with Crippen LogP contribution in [0.15, 0.2) is 157 Å². The molecule has 46 heavy (non-hydrogen) atoms. The average molecular weight is 594 g/mol. The molecule has 0 radical (unpaired) electrons. The third-order valence-corrected chi connectivity index (χ3v) is 9.84. The van der Waals surface area contributed by atoms with Crippen molar-refractivity contribution < 1.29 is 19.8 Å². The van der Waals surface area contributed by atoms with E-state index in [0.717, 1.165) is 27.5 Å². The normalized spacial score (nSPS) is 19.4. The van der Waals surface area contributed by atoms with Crippen molar-refractivity contribution in [2.24, 2.45) is 0 Å². The Bertz CT molecular complexity index is 3250. The van der Waals surface area contributed by atoms with E-state index in [1.165, 1.54) is 0 Å². The Hall–Kier alpha value is -5.92. The molecule has 0 fully saturated rings. The Morgan fingerprint density at radius 1 is 0.457 bits per heavy atom. The van der Waals surface area contributed by atoms with Crippen molar-refractivity contribution in [3.63, 3.8) is 0 Å². The van der Waals surface area contributed by atoms with Gasteiger partial charge in [-0.05, 0) is 95.5 Å². The molecule has 1 nitrogen and oxygen atoms in total. The number of benzene rings is 8. The van der Waals surface area contributed by atoms with Crippen LogP contribution in [0, 0.1) is 0 Å². The van der Waals surface area contributed by atoms with Crippen LogP contribution in [0.1, 0.15) is 37.3 Å². The van der Waals surface area contributed by atoms with Crippen molar-refractivity contribution in [1.82, 2.24) is 0 Å². The zero-order chi connectivity index (χ0) is 39.6. The van der Waals surface area contributed by atoms with Crippen molar-refractivity contribution in [3.8, 4) is 56.0 Å². The largest absolute Gasteiger partial charge is 0.456 e. The van der Waals surface area contributed by atoms with Gasteiger partial charge in [0.25, 0.3) is 0 Å². The van der Waals surface area contributed by atoms with Crippen LogP contribution in [0.25, 0.3) is 66.1 Å². The lowest BCUT2D eigenvalue weighted by molar-refractivity contribution is 0.487. The summed E-state index contributed by atoms with van der Waals surface area (Å²) in [6.07, 6.45) is 0. The summed E-state index contributed by atoms with van der Waals surface area (Å²) in [5.74, 6) is 0.345. The molecule has 11 rings (SSSR count). The van der Waals surface area contributed by atoms with Crippen LogP contribution in [-0.4, -0.2) is 0 Å². The lowest BCUT2D eigenvalue weighted by Crippen LogP contribution is -2.25. The fraction of sp³-hybridized carbons (Fsp3) is 0.0222. The second-order valence-electron chi connectivity index (χ2n) is 11.9. The van der Waals surface area contributed by atoms with Gasteiger partial charge in [0.1, 0.15) is 11.5 Å². The van der Waals surface area contributed by atoms with Gasteiger partial charge in [0.2, 0.25) is 0 Å². The summed E-state index contributed by atoms with van der Waals surface area (Å²) < 4.78 is 106. The summed E-state index contributed by atoms with van der Waals surface area (Å²) in [5.41, 5.74) is 3.75. The third kappa shape index (κ3) is 2.87. The van der Waals surface area contributed by atoms with E-state index in [-0.39, 0.29) is 75.9 Å². The molecule has 3 aliphatic rings. The molecule has 1 aliphatic heterocycles. The molecule has 0 amide bonds. The van der Waals surface area contributed by atoms with Gasteiger partial charge in [0, 0.05) is 10.9 Å². The number of hydrogen-bond acceptors (Lipinski definition) is 1. The fourth-order valence-corrected chi connectivity index (χ4v) is 8.06. The van der Waals surface area contributed by atoms with E-state index in [2.05, 4.69) is 0 Å². The van der Waals surface area contributed by atoms with Crippen molar-refractivity contribution in [3.05, 3.63) is 180 Å². The maximum absolute atomic E-state index is 10.3. The first-order valence-corrected chi connectivity index (χ1v) is 15.1. The maximum Gasteiger partial charge on any atom is 0.135 e. The highest BCUT2D eigenvalue weighted by Crippen LogP contribution is 2.64. The highest BCUT2D eigenvalue weighted by molar-refractivity contribution is 6.11. The minimum Gasteiger partial charge on any atom is -0.456 e. The van der Waals surface area contributed by atoms with Gasteiger partial charge in [-0.3, -0.25) is 0 Å². The highest BCUT2D eigenvalue weighted by Gasteiger charge is 2.52. The molecule has 0 bridgehead atoms. The lowest BCUT2D eigenvalue weighted by Gasteiger charge is -2.31. The Balaban J connectivity index is 1.31. The second kappa shape index (κ2) is 8.62. The van der Waals surface area contributed by atoms with Gasteiger partial charge >= 0.3 is 0 Å². The summed E-state index contributed by atoms with van der Waals surface area (Å²) in [7, 11) is 0. The molecule has 1 heteroatoms. The fourth-order valence-electron chi connectivity index (χ4n) is 8.06. The molecule has 1 heterocycles. The molecule has 0 N–H and O–H groups in total. The van der Waals surface area contributed by atoms with Gasteiger partial charge in [-0.2, -0.15) is 0 Å². The number of rotatable bonds is 1. The first-order valence-electron chi connectivity index (χ1n) is 20.6. The van der Waals surface area contributed by atoms with Gasteiger partial charge < -0.3 is 4.74 Å². The predicted octanol–water partition coefficient (Wildman–Crippen LogP) is 11.8. The molecule has 212 valence electrons. The molecular weight excluding hydrogens is 556 g/mol. The molecule has 0 aromatic heterocycles. The van der Waals surface area contributed by atoms with Crippen molar-refractivity contribution in [1.29, 1.82) is 0 Å². The van der Waals surface area contributed by atoms with Crippen molar-refractivity contribution >= 4 is 21.5 Å². The SMILES string of the molecule is [2H]c1c([2H])c([2H])c2c(c1[2H])Oc1ccc(-c3c([2H])c([2H])c4c(c3[2H])C3(c5ccccc5-c5c3ccc3ccccc53)c3c([2H])c([2H])c([2H])c([2H])c3-4)c3cccc-2c13. The van der Waals surface area contributed by atoms with Gasteiger partial charge in [-0.15, -0.1) is 0 Å². The number of ether oxygens (including phenoxy) is 1. The van der Waals surface area contributed by atoms with E-state index in [4.69, 9.17) is 13.0 Å². The van der Waals surface area contributed by atoms with Crippen LogP contribution in [0.4, 0.5) is 0 Å². The smallest absolute Gasteiger partial charge is 0.135 e. The standard InChI is InChI=1S/C45H26O/c1-2-11-30-27(10-1)21-24-39-43(30)36-14-4-7-18-38(36)45(39)37-17-6-3-12-31(37)32-22-20-28(26-40(32)45)29-23-25-42-44-34(29)15-9-16-35(44)33-13-5-8-19-41(33)46-42/h1-26H/i3D,5D,6D,8D,12D,13D,17D,19D,20D,22D,26D. The van der Waals surface area contributed by atoms with E-state index >= 15 is 0 Å². The van der Waals surface area contributed by atoms with E-state index < -0.39 is 29.6 Å². The summed E-state index contributed by atoms with van der Waals surface area (Å²) in [6, 6.07) is 24.7. The van der Waals surface area contributed by atoms with E-state index in [1.54, 1.807) is 30.3 Å². The molecule has 2 aliphatic carbocycles. The molecule has 8 aromatic carbocycles. The predicted molar refractivity (Wildman–Crippen MR) is 189 cm³/mol. The van der Waals surface area contributed by atoms with Gasteiger partial charge in [0.15, 0.2) is 0 Å². The Morgan fingerprint density at radius 3 is 2.22 bits per heavy atom. The van der Waals surface area contributed by atoms with Crippen LogP contribution in [0.5, 0.6) is 11.5 Å². The summed E-state index contributed by atoms with van der Waals surface area (Å²) in [6.45, 7) is 0. The van der Waals surface area contributed by atoms with Gasteiger partial charge in [-0.25, -0.2) is 0 Å². The van der Waals surface area contributed by atoms with Crippen LogP contribution in [0.3, 0.4) is 0 Å². The zero-order valence-corrected chi connectivity index (χ0v) is 24.1. The van der Waals surface area contributed by atoms with Gasteiger partial charge in [-0.1, -0.05) is 139 Å². The van der Waals surface area contributed by atoms with Crippen molar-refractivity contribution in [2.75, 3.05) is 0 Å². The van der Waals surface area contributed by atoms with E-state index in [1.807, 2.05) is 60.7 Å². The summed E-state index contributed by atoms with van der Waals surface area (Å²) >= 11 is 0. The Kier molecular flexibility index (Phi) is 3.07. The molecule has 1 spiro atoms. The molecule has 0 saturated heterocycles. The van der Waals surface area contributed by atoms with E-state index in [0.29, 0.717) is 38.8 Å². The third-order valence-electron chi connectivity index (χ3n) is 9.84. The quantitative estimate of drug-likeness (QED) is 0.184. The molecule has 8 aromatic rings. The molecule has 0 saturated carbocycles. The van der Waals surface area contributed by atoms with Crippen LogP contribution < -0.4 is 4.74 Å². The minimum absolute atomic E-state index is 0.00722. The lowest BCUT2D eigenvalue weighted by atomic mass is 9.70. The number of hydrogen-bond donors (Lipinski definition) is 0. The molecular formula is C45H26O. The first kappa shape index (κ1) is 16.4. The topological polar surface area (TPSA) is 9.23 Å². The Morgan fingerprint density at radius 2 is 1.24 bits per heavy atom. The Labute approximate surface area is 282 Å². The second-order valence-corrected chi connectivity index (χ2v) is 11.9. The first-order chi connectivity index (χ1) is 27.4. The summed E-state index contributed by atoms with van der Waals surface area (Å²) in [5, 5.41) is 2.98. The molecule has 1 atom stereocenters. The van der Waals surface area contributed by atoms with Crippen LogP contribution in [0.2, 0.25) is 0 Å². The molecule has 1 unspecified atom stereocenters. The highest BCUT2D eigenvalue weighted by atomic mass is 16.5. The van der Waals surface area contributed by atoms with Crippen molar-refractivity contribution in [2.45, 2.75) is 5.41 Å². The maximum atomic E-state index is 10.3. The minimum atomic E-state index is -1.45. The number of para-hydroxylation sites is 1. The zero-order valence-electron chi connectivity index (χ0n) is 35.1. The van der Waals surface area contributed by atoms with Gasteiger partial charge in [0.05, 0.1) is 20.5 Å². The van der Waals surface area contributed by atoms with Crippen LogP contribution in [-0.2, 0) is 5.41 Å². The van der Waals surface area contributed by atoms with E-state index in [9.17, 15) is 6.85 Å². The van der Waals surface area contributed by atoms with Crippen LogP contribution >= 0.6 is 0 Å². The monoisotopic (exact) mass is 593 g/mol.